The van der Waals surface area contributed by atoms with Crippen LogP contribution >= 0.6 is 0 Å². The Balaban J connectivity index is 1.79. The number of carbonyl (C=O) groups excluding carboxylic acids is 2. The zero-order chi connectivity index (χ0) is 14.8. The van der Waals surface area contributed by atoms with Gasteiger partial charge < -0.3 is 10.1 Å². The predicted molar refractivity (Wildman–Crippen MR) is 79.9 cm³/mol. The number of carbonyl (C=O) groups is 2. The largest absolute Gasteiger partial charge is 0.457 e. The highest BCUT2D eigenvalue weighted by Gasteiger charge is 2.15. The second-order valence-corrected chi connectivity index (χ2v) is 5.05. The first-order valence-electron chi connectivity index (χ1n) is 6.83. The molecule has 4 heteroatoms. The lowest BCUT2D eigenvalue weighted by atomic mass is 10.0. The van der Waals surface area contributed by atoms with Crippen molar-refractivity contribution in [2.75, 3.05) is 5.32 Å². The third kappa shape index (κ3) is 2.94. The number of ether oxygens (including phenoxy) is 1. The normalized spacial score (nSPS) is 13.3. The number of benzene rings is 2. The lowest BCUT2D eigenvalue weighted by Crippen LogP contribution is -2.18. The number of Topliss-reactive ketones (excluding diaryl/α,β-unsaturated/α-hetero) is 1. The van der Waals surface area contributed by atoms with Gasteiger partial charge in [-0.2, -0.15) is 0 Å². The number of ketones is 1. The number of hydrogen-bond acceptors (Lipinski definition) is 3. The van der Waals surface area contributed by atoms with Crippen molar-refractivity contribution >= 4 is 17.4 Å². The van der Waals surface area contributed by atoms with Crippen LogP contribution in [0.25, 0.3) is 0 Å². The van der Waals surface area contributed by atoms with E-state index < -0.39 is 0 Å². The monoisotopic (exact) mass is 281 g/mol. The Hall–Kier alpha value is -2.62. The Labute approximate surface area is 122 Å². The molecule has 1 heterocycles. The van der Waals surface area contributed by atoms with Gasteiger partial charge in [-0.3, -0.25) is 9.59 Å². The van der Waals surface area contributed by atoms with Crippen molar-refractivity contribution in [3.63, 3.8) is 0 Å². The molecular weight excluding hydrogens is 266 g/mol. The van der Waals surface area contributed by atoms with Gasteiger partial charge in [0.2, 0.25) is 5.91 Å². The summed E-state index contributed by atoms with van der Waals surface area (Å²) in [5.41, 5.74) is 2.59. The number of hydrogen-bond donors (Lipinski definition) is 1. The van der Waals surface area contributed by atoms with E-state index >= 15 is 0 Å². The van der Waals surface area contributed by atoms with Gasteiger partial charge in [-0.1, -0.05) is 0 Å². The third-order valence-corrected chi connectivity index (χ3v) is 3.47. The smallest absolute Gasteiger partial charge is 0.224 e. The molecule has 0 bridgehead atoms. The van der Waals surface area contributed by atoms with E-state index in [0.717, 1.165) is 23.4 Å². The van der Waals surface area contributed by atoms with Crippen molar-refractivity contribution in [2.24, 2.45) is 0 Å². The van der Waals surface area contributed by atoms with Crippen molar-refractivity contribution < 1.29 is 14.3 Å². The van der Waals surface area contributed by atoms with Gasteiger partial charge >= 0.3 is 0 Å². The summed E-state index contributed by atoms with van der Waals surface area (Å²) in [4.78, 5) is 22.5. The molecule has 0 saturated carbocycles. The molecule has 106 valence electrons. The summed E-state index contributed by atoms with van der Waals surface area (Å²) in [6.07, 6.45) is 1.23. The van der Waals surface area contributed by atoms with Crippen LogP contribution < -0.4 is 10.1 Å². The number of nitrogens with one attached hydrogen (secondary N) is 1. The van der Waals surface area contributed by atoms with Crippen molar-refractivity contribution in [2.45, 2.75) is 19.8 Å². The van der Waals surface area contributed by atoms with Gasteiger partial charge in [0.25, 0.3) is 0 Å². The Kier molecular flexibility index (Phi) is 3.44. The molecule has 0 aliphatic carbocycles. The van der Waals surface area contributed by atoms with Gasteiger partial charge in [0.05, 0.1) is 0 Å². The highest BCUT2D eigenvalue weighted by Crippen LogP contribution is 2.29. The van der Waals surface area contributed by atoms with E-state index in [-0.39, 0.29) is 11.7 Å². The predicted octanol–water partition coefficient (Wildman–Crippen LogP) is 3.57. The second-order valence-electron chi connectivity index (χ2n) is 5.05. The highest BCUT2D eigenvalue weighted by atomic mass is 16.5. The first-order valence-corrected chi connectivity index (χ1v) is 6.83. The van der Waals surface area contributed by atoms with E-state index in [2.05, 4.69) is 5.32 Å². The topological polar surface area (TPSA) is 55.4 Å². The minimum Gasteiger partial charge on any atom is -0.457 e. The summed E-state index contributed by atoms with van der Waals surface area (Å²) < 4.78 is 5.78. The zero-order valence-corrected chi connectivity index (χ0v) is 11.7. The molecule has 1 N–H and O–H groups in total. The second kappa shape index (κ2) is 5.40. The summed E-state index contributed by atoms with van der Waals surface area (Å²) in [5.74, 6) is 1.49. The fraction of sp³-hybridized carbons (Fsp3) is 0.176. The average Bonchev–Trinajstić information content (AvgIpc) is 2.48. The summed E-state index contributed by atoms with van der Waals surface area (Å²) in [6, 6.07) is 12.7. The SMILES string of the molecule is CC(=O)c1ccc(Oc2ccc3c(c2)CCC(=O)N3)cc1. The number of amides is 1. The van der Waals surface area contributed by atoms with Crippen LogP contribution in [0.3, 0.4) is 0 Å². The van der Waals surface area contributed by atoms with Crippen molar-refractivity contribution in [3.05, 3.63) is 53.6 Å². The van der Waals surface area contributed by atoms with E-state index in [1.165, 1.54) is 6.92 Å². The Morgan fingerprint density at radius 1 is 1.05 bits per heavy atom. The summed E-state index contributed by atoms with van der Waals surface area (Å²) in [6.45, 7) is 1.54. The maximum atomic E-state index is 11.3. The van der Waals surface area contributed by atoms with Crippen molar-refractivity contribution in [1.29, 1.82) is 0 Å². The number of anilines is 1. The molecule has 4 nitrogen and oxygen atoms in total. The summed E-state index contributed by atoms with van der Waals surface area (Å²) in [5, 5.41) is 2.84. The number of rotatable bonds is 3. The molecule has 0 spiro atoms. The highest BCUT2D eigenvalue weighted by molar-refractivity contribution is 5.94. The van der Waals surface area contributed by atoms with Crippen LogP contribution in [-0.4, -0.2) is 11.7 Å². The molecule has 0 saturated heterocycles. The fourth-order valence-corrected chi connectivity index (χ4v) is 2.32. The minimum absolute atomic E-state index is 0.0334. The van der Waals surface area contributed by atoms with Crippen LogP contribution in [0.4, 0.5) is 5.69 Å². The van der Waals surface area contributed by atoms with Crippen molar-refractivity contribution in [3.8, 4) is 11.5 Å². The Morgan fingerprint density at radius 2 is 1.76 bits per heavy atom. The lowest BCUT2D eigenvalue weighted by Gasteiger charge is -2.17. The fourth-order valence-electron chi connectivity index (χ4n) is 2.32. The zero-order valence-electron chi connectivity index (χ0n) is 11.7. The maximum absolute atomic E-state index is 11.3. The number of fused-ring (bicyclic) bond motifs is 1. The molecule has 2 aromatic rings. The average molecular weight is 281 g/mol. The Morgan fingerprint density at radius 3 is 2.48 bits per heavy atom. The molecular formula is C17H15NO3. The van der Waals surface area contributed by atoms with Gasteiger partial charge in [-0.05, 0) is 61.4 Å². The standard InChI is InChI=1S/C17H15NO3/c1-11(19)12-2-5-14(6-3-12)21-15-7-8-16-13(10-15)4-9-17(20)18-16/h2-3,5-8,10H,4,9H2,1H3,(H,18,20). The van der Waals surface area contributed by atoms with Gasteiger partial charge in [-0.25, -0.2) is 0 Å². The molecule has 2 aromatic carbocycles. The molecule has 0 radical (unpaired) electrons. The molecule has 1 aliphatic heterocycles. The summed E-state index contributed by atoms with van der Waals surface area (Å²) >= 11 is 0. The quantitative estimate of drug-likeness (QED) is 0.875. The third-order valence-electron chi connectivity index (χ3n) is 3.47. The molecule has 0 fully saturated rings. The van der Waals surface area contributed by atoms with E-state index in [9.17, 15) is 9.59 Å². The van der Waals surface area contributed by atoms with Crippen LogP contribution in [-0.2, 0) is 11.2 Å². The lowest BCUT2D eigenvalue weighted by molar-refractivity contribution is -0.116. The minimum atomic E-state index is 0.0334. The van der Waals surface area contributed by atoms with Crippen LogP contribution in [0.15, 0.2) is 42.5 Å². The number of aryl methyl sites for hydroxylation is 1. The van der Waals surface area contributed by atoms with E-state index in [4.69, 9.17) is 4.74 Å². The molecule has 21 heavy (non-hydrogen) atoms. The summed E-state index contributed by atoms with van der Waals surface area (Å²) in [7, 11) is 0. The van der Waals surface area contributed by atoms with E-state index in [0.29, 0.717) is 17.7 Å². The molecule has 0 unspecified atom stereocenters. The van der Waals surface area contributed by atoms with Gasteiger partial charge in [0.15, 0.2) is 5.78 Å². The first kappa shape index (κ1) is 13.4. The molecule has 1 aliphatic rings. The van der Waals surface area contributed by atoms with Crippen LogP contribution in [0.2, 0.25) is 0 Å². The molecule has 1 amide bonds. The van der Waals surface area contributed by atoms with Crippen LogP contribution in [0, 0.1) is 0 Å². The van der Waals surface area contributed by atoms with Gasteiger partial charge in [0.1, 0.15) is 11.5 Å². The van der Waals surface area contributed by atoms with Gasteiger partial charge in [0, 0.05) is 17.7 Å². The van der Waals surface area contributed by atoms with Gasteiger partial charge in [-0.15, -0.1) is 0 Å². The van der Waals surface area contributed by atoms with E-state index in [1.807, 2.05) is 18.2 Å². The van der Waals surface area contributed by atoms with Crippen LogP contribution in [0.5, 0.6) is 11.5 Å². The first-order chi connectivity index (χ1) is 10.1. The van der Waals surface area contributed by atoms with E-state index in [1.54, 1.807) is 24.3 Å². The molecule has 0 aromatic heterocycles. The maximum Gasteiger partial charge on any atom is 0.224 e. The Bertz CT molecular complexity index is 704. The van der Waals surface area contributed by atoms with Crippen molar-refractivity contribution in [1.82, 2.24) is 0 Å². The molecule has 0 atom stereocenters. The van der Waals surface area contributed by atoms with Crippen LogP contribution in [0.1, 0.15) is 29.3 Å². The molecule has 3 rings (SSSR count).